The normalized spacial score (nSPS) is 10.6. The Morgan fingerprint density at radius 1 is 1.19 bits per heavy atom. The van der Waals surface area contributed by atoms with E-state index in [1.807, 2.05) is 31.2 Å². The molecule has 108 valence electrons. The molecular formula is C16H16FN3O. The summed E-state index contributed by atoms with van der Waals surface area (Å²) < 4.78 is 12.7. The average Bonchev–Trinajstić information content (AvgIpc) is 2.48. The minimum absolute atomic E-state index is 0.131. The summed E-state index contributed by atoms with van der Waals surface area (Å²) in [7, 11) is 0. The Labute approximate surface area is 122 Å². The zero-order chi connectivity index (χ0) is 15.1. The topological polar surface area (TPSA) is 53.5 Å². The standard InChI is InChI=1S/C16H16FN3O/c1-12-4-2-3-5-15(12)18-11-16(21)20-19-10-13-6-8-14(17)9-7-13/h2-10,18H,11H2,1H3,(H,20,21). The molecule has 0 radical (unpaired) electrons. The second-order valence-corrected chi connectivity index (χ2v) is 4.51. The van der Waals surface area contributed by atoms with Crippen molar-refractivity contribution >= 4 is 17.8 Å². The first-order valence-corrected chi connectivity index (χ1v) is 6.52. The molecule has 0 aliphatic rings. The Morgan fingerprint density at radius 2 is 1.90 bits per heavy atom. The Morgan fingerprint density at radius 3 is 2.62 bits per heavy atom. The van der Waals surface area contributed by atoms with E-state index in [1.165, 1.54) is 18.3 Å². The van der Waals surface area contributed by atoms with E-state index in [4.69, 9.17) is 0 Å². The number of amides is 1. The Kier molecular flexibility index (Phi) is 5.04. The van der Waals surface area contributed by atoms with E-state index in [9.17, 15) is 9.18 Å². The van der Waals surface area contributed by atoms with E-state index in [0.717, 1.165) is 11.3 Å². The molecule has 0 aliphatic carbocycles. The molecule has 0 aromatic heterocycles. The lowest BCUT2D eigenvalue weighted by Gasteiger charge is -2.07. The van der Waals surface area contributed by atoms with Gasteiger partial charge in [0.1, 0.15) is 5.82 Å². The first kappa shape index (κ1) is 14.7. The lowest BCUT2D eigenvalue weighted by atomic mass is 10.2. The summed E-state index contributed by atoms with van der Waals surface area (Å²) in [6.07, 6.45) is 1.46. The van der Waals surface area contributed by atoms with Crippen molar-refractivity contribution in [3.8, 4) is 0 Å². The van der Waals surface area contributed by atoms with Crippen LogP contribution in [0.4, 0.5) is 10.1 Å². The number of benzene rings is 2. The zero-order valence-electron chi connectivity index (χ0n) is 11.6. The molecule has 0 saturated heterocycles. The number of anilines is 1. The van der Waals surface area contributed by atoms with E-state index in [1.54, 1.807) is 12.1 Å². The van der Waals surface area contributed by atoms with E-state index in [2.05, 4.69) is 15.8 Å². The maximum Gasteiger partial charge on any atom is 0.259 e. The third kappa shape index (κ3) is 4.72. The van der Waals surface area contributed by atoms with E-state index in [0.29, 0.717) is 5.56 Å². The molecule has 0 bridgehead atoms. The summed E-state index contributed by atoms with van der Waals surface area (Å²) in [6.45, 7) is 2.10. The molecule has 2 rings (SSSR count). The molecule has 1 amide bonds. The molecule has 0 fully saturated rings. The summed E-state index contributed by atoms with van der Waals surface area (Å²) in [4.78, 5) is 11.6. The van der Waals surface area contributed by atoms with Gasteiger partial charge in [0.25, 0.3) is 5.91 Å². The smallest absolute Gasteiger partial charge is 0.259 e. The largest absolute Gasteiger partial charge is 0.376 e. The van der Waals surface area contributed by atoms with E-state index < -0.39 is 0 Å². The maximum atomic E-state index is 12.7. The van der Waals surface area contributed by atoms with Crippen LogP contribution in [0.1, 0.15) is 11.1 Å². The molecular weight excluding hydrogens is 269 g/mol. The number of hydrogen-bond acceptors (Lipinski definition) is 3. The number of aryl methyl sites for hydroxylation is 1. The van der Waals surface area contributed by atoms with E-state index in [-0.39, 0.29) is 18.3 Å². The number of hydrazone groups is 1. The van der Waals surface area contributed by atoms with Gasteiger partial charge in [-0.05, 0) is 36.2 Å². The van der Waals surface area contributed by atoms with Gasteiger partial charge in [0.15, 0.2) is 0 Å². The van der Waals surface area contributed by atoms with Gasteiger partial charge < -0.3 is 5.32 Å². The van der Waals surface area contributed by atoms with Crippen LogP contribution in [-0.2, 0) is 4.79 Å². The number of hydrogen-bond donors (Lipinski definition) is 2. The summed E-state index contributed by atoms with van der Waals surface area (Å²) >= 11 is 0. The fourth-order valence-corrected chi connectivity index (χ4v) is 1.71. The number of nitrogens with zero attached hydrogens (tertiary/aromatic N) is 1. The number of rotatable bonds is 5. The third-order valence-electron chi connectivity index (χ3n) is 2.86. The van der Waals surface area contributed by atoms with Gasteiger partial charge in [0.2, 0.25) is 0 Å². The number of halogens is 1. The van der Waals surface area contributed by atoms with Gasteiger partial charge in [-0.1, -0.05) is 30.3 Å². The Bertz CT molecular complexity index is 638. The highest BCUT2D eigenvalue weighted by molar-refractivity contribution is 5.84. The molecule has 2 aromatic rings. The fourth-order valence-electron chi connectivity index (χ4n) is 1.71. The van der Waals surface area contributed by atoms with Crippen LogP contribution in [0.25, 0.3) is 0 Å². The fraction of sp³-hybridized carbons (Fsp3) is 0.125. The van der Waals surface area contributed by atoms with Crippen molar-refractivity contribution in [3.63, 3.8) is 0 Å². The van der Waals surface area contributed by atoms with Crippen LogP contribution >= 0.6 is 0 Å². The van der Waals surface area contributed by atoms with Gasteiger partial charge in [-0.25, -0.2) is 9.82 Å². The van der Waals surface area contributed by atoms with Crippen LogP contribution in [0.5, 0.6) is 0 Å². The summed E-state index contributed by atoms with van der Waals surface area (Å²) in [5.41, 5.74) is 5.10. The predicted molar refractivity (Wildman–Crippen MR) is 81.8 cm³/mol. The second-order valence-electron chi connectivity index (χ2n) is 4.51. The molecule has 4 nitrogen and oxygen atoms in total. The van der Waals surface area contributed by atoms with Crippen LogP contribution in [0.2, 0.25) is 0 Å². The number of nitrogens with one attached hydrogen (secondary N) is 2. The van der Waals surface area contributed by atoms with Crippen LogP contribution in [0.15, 0.2) is 53.6 Å². The van der Waals surface area contributed by atoms with Crippen molar-refractivity contribution < 1.29 is 9.18 Å². The highest BCUT2D eigenvalue weighted by Gasteiger charge is 2.01. The molecule has 21 heavy (non-hydrogen) atoms. The van der Waals surface area contributed by atoms with Gasteiger partial charge >= 0.3 is 0 Å². The number of para-hydroxylation sites is 1. The number of carbonyl (C=O) groups is 1. The van der Waals surface area contributed by atoms with Crippen LogP contribution in [0.3, 0.4) is 0 Å². The van der Waals surface area contributed by atoms with Crippen LogP contribution < -0.4 is 10.7 Å². The first-order valence-electron chi connectivity index (χ1n) is 6.52. The Balaban J connectivity index is 1.80. The Hall–Kier alpha value is -2.69. The van der Waals surface area contributed by atoms with Crippen LogP contribution in [-0.4, -0.2) is 18.7 Å². The SMILES string of the molecule is Cc1ccccc1NCC(=O)NN=Cc1ccc(F)cc1. The van der Waals surface area contributed by atoms with Crippen molar-refractivity contribution in [2.45, 2.75) is 6.92 Å². The van der Waals surface area contributed by atoms with Gasteiger partial charge in [0.05, 0.1) is 12.8 Å². The molecule has 0 aliphatic heterocycles. The average molecular weight is 285 g/mol. The summed E-state index contributed by atoms with van der Waals surface area (Å²) in [6, 6.07) is 13.5. The van der Waals surface area contributed by atoms with Gasteiger partial charge in [-0.3, -0.25) is 4.79 Å². The van der Waals surface area contributed by atoms with Crippen molar-refractivity contribution in [2.75, 3.05) is 11.9 Å². The monoisotopic (exact) mass is 285 g/mol. The van der Waals surface area contributed by atoms with E-state index >= 15 is 0 Å². The van der Waals surface area contributed by atoms with Crippen molar-refractivity contribution in [1.82, 2.24) is 5.43 Å². The first-order chi connectivity index (χ1) is 10.1. The van der Waals surface area contributed by atoms with Crippen molar-refractivity contribution in [3.05, 3.63) is 65.5 Å². The van der Waals surface area contributed by atoms with Crippen LogP contribution in [0, 0.1) is 12.7 Å². The molecule has 2 aromatic carbocycles. The molecule has 0 saturated carbocycles. The molecule has 5 heteroatoms. The molecule has 0 atom stereocenters. The highest BCUT2D eigenvalue weighted by Crippen LogP contribution is 2.12. The predicted octanol–water partition coefficient (Wildman–Crippen LogP) is 2.70. The minimum Gasteiger partial charge on any atom is -0.376 e. The molecule has 0 heterocycles. The second kappa shape index (κ2) is 7.19. The third-order valence-corrected chi connectivity index (χ3v) is 2.86. The maximum absolute atomic E-state index is 12.7. The zero-order valence-corrected chi connectivity index (χ0v) is 11.6. The van der Waals surface area contributed by atoms with Crippen molar-refractivity contribution in [2.24, 2.45) is 5.10 Å². The molecule has 0 unspecified atom stereocenters. The quantitative estimate of drug-likeness (QED) is 0.655. The lowest BCUT2D eigenvalue weighted by Crippen LogP contribution is -2.26. The molecule has 2 N–H and O–H groups in total. The summed E-state index contributed by atoms with van der Waals surface area (Å²) in [5.74, 6) is -0.560. The minimum atomic E-state index is -0.307. The lowest BCUT2D eigenvalue weighted by molar-refractivity contribution is -0.119. The van der Waals surface area contributed by atoms with Gasteiger partial charge in [-0.2, -0.15) is 5.10 Å². The number of carbonyl (C=O) groups excluding carboxylic acids is 1. The van der Waals surface area contributed by atoms with Crippen molar-refractivity contribution in [1.29, 1.82) is 0 Å². The summed E-state index contributed by atoms with van der Waals surface area (Å²) in [5, 5.41) is 6.85. The molecule has 0 spiro atoms. The van der Waals surface area contributed by atoms with Gasteiger partial charge in [-0.15, -0.1) is 0 Å². The highest BCUT2D eigenvalue weighted by atomic mass is 19.1. The van der Waals surface area contributed by atoms with Gasteiger partial charge in [0, 0.05) is 5.69 Å².